The number of nitrogens with one attached hydrogen (secondary N) is 1. The Bertz CT molecular complexity index is 928. The van der Waals surface area contributed by atoms with Crippen molar-refractivity contribution in [1.82, 2.24) is 14.7 Å². The highest BCUT2D eigenvalue weighted by molar-refractivity contribution is 5.94. The Labute approximate surface area is 137 Å². The van der Waals surface area contributed by atoms with E-state index in [2.05, 4.69) is 10.3 Å². The Balaban J connectivity index is 1.97. The first-order chi connectivity index (χ1) is 11.8. The van der Waals surface area contributed by atoms with E-state index in [9.17, 15) is 26.7 Å². The molecule has 0 fully saturated rings. The predicted molar refractivity (Wildman–Crippen MR) is 77.7 cm³/mol. The molecule has 0 aliphatic carbocycles. The standard InChI is InChI=1S/C16H10F5N3O/c17-10-4-3-5-11(18)9(10)8-22-15(25)13-14(16(19,20)21)23-12-6-1-2-7-24(12)13/h1-7H,8H2,(H,22,25). The molecular formula is C16H10F5N3O. The van der Waals surface area contributed by atoms with E-state index in [-0.39, 0.29) is 5.65 Å². The molecule has 1 amide bonds. The number of imidazole rings is 1. The molecule has 130 valence electrons. The van der Waals surface area contributed by atoms with E-state index in [4.69, 9.17) is 0 Å². The summed E-state index contributed by atoms with van der Waals surface area (Å²) in [7, 11) is 0. The maximum atomic E-state index is 13.6. The van der Waals surface area contributed by atoms with Gasteiger partial charge in [-0.15, -0.1) is 0 Å². The van der Waals surface area contributed by atoms with Gasteiger partial charge in [0.15, 0.2) is 5.69 Å². The molecule has 0 bridgehead atoms. The zero-order chi connectivity index (χ0) is 18.2. The zero-order valence-corrected chi connectivity index (χ0v) is 12.4. The van der Waals surface area contributed by atoms with Gasteiger partial charge in [0.25, 0.3) is 5.91 Å². The second kappa shape index (κ2) is 6.15. The molecule has 0 spiro atoms. The summed E-state index contributed by atoms with van der Waals surface area (Å²) in [6.07, 6.45) is -3.61. The fourth-order valence-electron chi connectivity index (χ4n) is 2.36. The minimum Gasteiger partial charge on any atom is -0.346 e. The maximum Gasteiger partial charge on any atom is 0.435 e. The van der Waals surface area contributed by atoms with Crippen molar-refractivity contribution in [2.75, 3.05) is 0 Å². The molecular weight excluding hydrogens is 345 g/mol. The van der Waals surface area contributed by atoms with E-state index in [1.165, 1.54) is 24.4 Å². The van der Waals surface area contributed by atoms with Gasteiger partial charge in [-0.05, 0) is 24.3 Å². The Hall–Kier alpha value is -2.97. The third-order valence-electron chi connectivity index (χ3n) is 3.50. The monoisotopic (exact) mass is 355 g/mol. The van der Waals surface area contributed by atoms with Crippen LogP contribution in [-0.2, 0) is 12.7 Å². The number of aromatic nitrogens is 2. The minimum atomic E-state index is -4.86. The molecule has 0 saturated heterocycles. The summed E-state index contributed by atoms with van der Waals surface area (Å²) >= 11 is 0. The van der Waals surface area contributed by atoms with Crippen LogP contribution in [0.4, 0.5) is 22.0 Å². The van der Waals surface area contributed by atoms with Crippen LogP contribution in [0.5, 0.6) is 0 Å². The number of fused-ring (bicyclic) bond motifs is 1. The van der Waals surface area contributed by atoms with Gasteiger partial charge in [-0.3, -0.25) is 9.20 Å². The highest BCUT2D eigenvalue weighted by Crippen LogP contribution is 2.32. The first-order valence-electron chi connectivity index (χ1n) is 7.04. The number of rotatable bonds is 3. The summed E-state index contributed by atoms with van der Waals surface area (Å²) in [6, 6.07) is 7.33. The summed E-state index contributed by atoms with van der Waals surface area (Å²) < 4.78 is 67.6. The van der Waals surface area contributed by atoms with E-state index in [0.717, 1.165) is 22.6 Å². The Morgan fingerprint density at radius 3 is 2.40 bits per heavy atom. The fourth-order valence-corrected chi connectivity index (χ4v) is 2.36. The summed E-state index contributed by atoms with van der Waals surface area (Å²) in [6.45, 7) is -0.602. The Morgan fingerprint density at radius 2 is 1.76 bits per heavy atom. The molecule has 3 aromatic rings. The van der Waals surface area contributed by atoms with Crippen LogP contribution in [0.2, 0.25) is 0 Å². The van der Waals surface area contributed by atoms with Crippen molar-refractivity contribution in [3.8, 4) is 0 Å². The van der Waals surface area contributed by atoms with E-state index in [1.54, 1.807) is 0 Å². The van der Waals surface area contributed by atoms with Gasteiger partial charge in [-0.25, -0.2) is 13.8 Å². The van der Waals surface area contributed by atoms with E-state index >= 15 is 0 Å². The lowest BCUT2D eigenvalue weighted by atomic mass is 10.2. The lowest BCUT2D eigenvalue weighted by molar-refractivity contribution is -0.141. The van der Waals surface area contributed by atoms with Crippen LogP contribution in [0.15, 0.2) is 42.6 Å². The molecule has 0 aliphatic rings. The highest BCUT2D eigenvalue weighted by Gasteiger charge is 2.40. The van der Waals surface area contributed by atoms with Crippen molar-refractivity contribution in [3.63, 3.8) is 0 Å². The van der Waals surface area contributed by atoms with Gasteiger partial charge < -0.3 is 5.32 Å². The summed E-state index contributed by atoms with van der Waals surface area (Å²) in [5, 5.41) is 2.11. The Morgan fingerprint density at radius 1 is 1.08 bits per heavy atom. The number of carbonyl (C=O) groups excluding carboxylic acids is 1. The van der Waals surface area contributed by atoms with E-state index in [0.29, 0.717) is 0 Å². The van der Waals surface area contributed by atoms with Crippen LogP contribution >= 0.6 is 0 Å². The number of amides is 1. The van der Waals surface area contributed by atoms with Crippen molar-refractivity contribution in [2.24, 2.45) is 0 Å². The van der Waals surface area contributed by atoms with Gasteiger partial charge in [0.2, 0.25) is 0 Å². The molecule has 0 aliphatic heterocycles. The first-order valence-corrected chi connectivity index (χ1v) is 7.04. The van der Waals surface area contributed by atoms with Gasteiger partial charge in [-0.2, -0.15) is 13.2 Å². The summed E-state index contributed by atoms with van der Waals surface area (Å²) in [5.74, 6) is -2.96. The molecule has 0 radical (unpaired) electrons. The number of halogens is 5. The van der Waals surface area contributed by atoms with Gasteiger partial charge >= 0.3 is 6.18 Å². The molecule has 0 unspecified atom stereocenters. The van der Waals surface area contributed by atoms with Crippen molar-refractivity contribution in [3.05, 3.63) is 71.2 Å². The lowest BCUT2D eigenvalue weighted by Crippen LogP contribution is -2.27. The van der Waals surface area contributed by atoms with Gasteiger partial charge in [0.1, 0.15) is 23.0 Å². The molecule has 0 saturated carbocycles. The number of hydrogen-bond acceptors (Lipinski definition) is 2. The maximum absolute atomic E-state index is 13.6. The lowest BCUT2D eigenvalue weighted by Gasteiger charge is -2.10. The van der Waals surface area contributed by atoms with Gasteiger partial charge in [-0.1, -0.05) is 12.1 Å². The van der Waals surface area contributed by atoms with Gasteiger partial charge in [0.05, 0.1) is 0 Å². The summed E-state index contributed by atoms with van der Waals surface area (Å²) in [5.41, 5.74) is -2.64. The van der Waals surface area contributed by atoms with Crippen molar-refractivity contribution in [1.29, 1.82) is 0 Å². The molecule has 2 aromatic heterocycles. The number of hydrogen-bond donors (Lipinski definition) is 1. The molecule has 2 heterocycles. The largest absolute Gasteiger partial charge is 0.435 e. The second-order valence-corrected chi connectivity index (χ2v) is 5.12. The highest BCUT2D eigenvalue weighted by atomic mass is 19.4. The molecule has 0 atom stereocenters. The minimum absolute atomic E-state index is 0.0722. The fraction of sp³-hybridized carbons (Fsp3) is 0.125. The smallest absolute Gasteiger partial charge is 0.346 e. The van der Waals surface area contributed by atoms with Crippen molar-refractivity contribution in [2.45, 2.75) is 12.7 Å². The second-order valence-electron chi connectivity index (χ2n) is 5.12. The normalized spacial score (nSPS) is 11.7. The van der Waals surface area contributed by atoms with E-state index < -0.39 is 47.2 Å². The average Bonchev–Trinajstić information content (AvgIpc) is 2.94. The number of pyridine rings is 1. The quantitative estimate of drug-likeness (QED) is 0.731. The van der Waals surface area contributed by atoms with Crippen LogP contribution in [0.3, 0.4) is 0 Å². The molecule has 25 heavy (non-hydrogen) atoms. The Kier molecular flexibility index (Phi) is 4.15. The van der Waals surface area contributed by atoms with Crippen molar-refractivity contribution < 1.29 is 26.7 Å². The van der Waals surface area contributed by atoms with Crippen LogP contribution in [0.25, 0.3) is 5.65 Å². The third-order valence-corrected chi connectivity index (χ3v) is 3.50. The van der Waals surface area contributed by atoms with Crippen molar-refractivity contribution >= 4 is 11.6 Å². The number of carbonyl (C=O) groups is 1. The third kappa shape index (κ3) is 3.17. The number of alkyl halides is 3. The molecule has 4 nitrogen and oxygen atoms in total. The topological polar surface area (TPSA) is 46.4 Å². The van der Waals surface area contributed by atoms with E-state index in [1.807, 2.05) is 0 Å². The molecule has 1 aromatic carbocycles. The van der Waals surface area contributed by atoms with Crippen LogP contribution < -0.4 is 5.32 Å². The molecule has 3 rings (SSSR count). The van der Waals surface area contributed by atoms with Crippen LogP contribution in [0.1, 0.15) is 21.7 Å². The SMILES string of the molecule is O=C(NCc1c(F)cccc1F)c1c(C(F)(F)F)nc2ccccn12. The number of benzene rings is 1. The van der Waals surface area contributed by atoms with Crippen LogP contribution in [-0.4, -0.2) is 15.3 Å². The average molecular weight is 355 g/mol. The zero-order valence-electron chi connectivity index (χ0n) is 12.4. The molecule has 9 heteroatoms. The van der Waals surface area contributed by atoms with Crippen LogP contribution in [0, 0.1) is 11.6 Å². The first kappa shape index (κ1) is 16.9. The predicted octanol–water partition coefficient (Wildman–Crippen LogP) is 3.56. The summed E-state index contributed by atoms with van der Waals surface area (Å²) in [4.78, 5) is 15.7. The molecule has 1 N–H and O–H groups in total. The van der Waals surface area contributed by atoms with Gasteiger partial charge in [0, 0.05) is 18.3 Å². The number of nitrogens with zero attached hydrogens (tertiary/aromatic N) is 2.